The summed E-state index contributed by atoms with van der Waals surface area (Å²) in [4.78, 5) is 0. The maximum absolute atomic E-state index is 12.5. The Morgan fingerprint density at radius 3 is 2.19 bits per heavy atom. The van der Waals surface area contributed by atoms with Gasteiger partial charge < -0.3 is 9.47 Å². The summed E-state index contributed by atoms with van der Waals surface area (Å²) in [7, 11) is -3.46. The van der Waals surface area contributed by atoms with Gasteiger partial charge in [-0.2, -0.15) is 0 Å². The Labute approximate surface area is 156 Å². The van der Waals surface area contributed by atoms with Crippen LogP contribution in [0.2, 0.25) is 0 Å². The van der Waals surface area contributed by atoms with Gasteiger partial charge in [0.25, 0.3) is 0 Å². The molecular formula is C20H27NO4S. The lowest BCUT2D eigenvalue weighted by atomic mass is 10.1. The largest absolute Gasteiger partial charge is 0.490 e. The van der Waals surface area contributed by atoms with Crippen LogP contribution in [0.25, 0.3) is 0 Å². The molecule has 0 heterocycles. The highest BCUT2D eigenvalue weighted by molar-refractivity contribution is 7.88. The lowest BCUT2D eigenvalue weighted by molar-refractivity contribution is 0.287. The van der Waals surface area contributed by atoms with E-state index >= 15 is 0 Å². The first-order valence-electron chi connectivity index (χ1n) is 8.79. The van der Waals surface area contributed by atoms with Crippen molar-refractivity contribution in [3.63, 3.8) is 0 Å². The van der Waals surface area contributed by atoms with Crippen LogP contribution in [-0.2, 0) is 15.8 Å². The molecule has 26 heavy (non-hydrogen) atoms. The molecule has 0 aromatic heterocycles. The molecule has 0 saturated heterocycles. The number of rotatable bonds is 9. The molecule has 2 aromatic rings. The molecule has 2 aromatic carbocycles. The average molecular weight is 378 g/mol. The van der Waals surface area contributed by atoms with Crippen LogP contribution in [0.1, 0.15) is 43.5 Å². The van der Waals surface area contributed by atoms with Crippen molar-refractivity contribution in [1.82, 2.24) is 4.72 Å². The Bertz CT molecular complexity index is 816. The minimum atomic E-state index is -3.46. The first-order valence-corrected chi connectivity index (χ1v) is 10.4. The fourth-order valence-corrected chi connectivity index (χ4v) is 4.01. The van der Waals surface area contributed by atoms with Crippen molar-refractivity contribution in [2.75, 3.05) is 13.2 Å². The van der Waals surface area contributed by atoms with Gasteiger partial charge in [0.1, 0.15) is 0 Å². The van der Waals surface area contributed by atoms with Gasteiger partial charge in [-0.1, -0.05) is 35.9 Å². The highest BCUT2D eigenvalue weighted by atomic mass is 32.2. The van der Waals surface area contributed by atoms with Crippen LogP contribution in [0.15, 0.2) is 42.5 Å². The fraction of sp³-hybridized carbons (Fsp3) is 0.400. The van der Waals surface area contributed by atoms with Gasteiger partial charge in [-0.25, -0.2) is 13.1 Å². The summed E-state index contributed by atoms with van der Waals surface area (Å²) in [5.74, 6) is 1.23. The second kappa shape index (κ2) is 9.05. The van der Waals surface area contributed by atoms with Crippen molar-refractivity contribution in [3.05, 3.63) is 59.2 Å². The van der Waals surface area contributed by atoms with Crippen LogP contribution in [0, 0.1) is 6.92 Å². The van der Waals surface area contributed by atoms with Crippen molar-refractivity contribution in [3.8, 4) is 11.5 Å². The highest BCUT2D eigenvalue weighted by Gasteiger charge is 2.18. The van der Waals surface area contributed by atoms with Gasteiger partial charge in [0.2, 0.25) is 10.0 Å². The van der Waals surface area contributed by atoms with Gasteiger partial charge in [0.15, 0.2) is 11.5 Å². The number of hydrogen-bond acceptors (Lipinski definition) is 4. The van der Waals surface area contributed by atoms with Crippen LogP contribution in [0.4, 0.5) is 0 Å². The molecule has 0 bridgehead atoms. The first-order chi connectivity index (χ1) is 12.3. The third-order valence-electron chi connectivity index (χ3n) is 3.90. The first kappa shape index (κ1) is 20.3. The molecule has 0 amide bonds. The van der Waals surface area contributed by atoms with Crippen LogP contribution < -0.4 is 14.2 Å². The predicted octanol–water partition coefficient (Wildman–Crippen LogP) is 3.97. The Kier molecular flexibility index (Phi) is 7.06. The molecule has 0 aliphatic heterocycles. The normalized spacial score (nSPS) is 12.6. The number of sulfonamides is 1. The van der Waals surface area contributed by atoms with E-state index in [-0.39, 0.29) is 11.8 Å². The molecule has 0 aliphatic rings. The van der Waals surface area contributed by atoms with Gasteiger partial charge in [0, 0.05) is 6.04 Å². The van der Waals surface area contributed by atoms with E-state index in [9.17, 15) is 8.42 Å². The molecule has 2 rings (SSSR count). The van der Waals surface area contributed by atoms with E-state index < -0.39 is 10.0 Å². The third-order valence-corrected chi connectivity index (χ3v) is 5.33. The van der Waals surface area contributed by atoms with E-state index in [2.05, 4.69) is 4.72 Å². The fourth-order valence-electron chi connectivity index (χ4n) is 2.62. The SMILES string of the molecule is CCOc1ccc([C@H](C)NS(=O)(=O)Cc2ccc(C)cc2)cc1OCC. The molecule has 0 spiro atoms. The van der Waals surface area contributed by atoms with Crippen LogP contribution in [0.5, 0.6) is 11.5 Å². The van der Waals surface area contributed by atoms with Gasteiger partial charge in [-0.05, 0) is 51.0 Å². The second-order valence-electron chi connectivity index (χ2n) is 6.16. The maximum atomic E-state index is 12.5. The lowest BCUT2D eigenvalue weighted by Gasteiger charge is -2.17. The number of hydrogen-bond donors (Lipinski definition) is 1. The average Bonchev–Trinajstić information content (AvgIpc) is 2.58. The summed E-state index contributed by atoms with van der Waals surface area (Å²) >= 11 is 0. The molecule has 6 heteroatoms. The quantitative estimate of drug-likeness (QED) is 0.718. The van der Waals surface area contributed by atoms with Gasteiger partial charge >= 0.3 is 0 Å². The van der Waals surface area contributed by atoms with Gasteiger partial charge in [-0.15, -0.1) is 0 Å². The zero-order valence-corrected chi connectivity index (χ0v) is 16.6. The second-order valence-corrected chi connectivity index (χ2v) is 7.91. The summed E-state index contributed by atoms with van der Waals surface area (Å²) in [5.41, 5.74) is 2.69. The Balaban J connectivity index is 2.13. The monoisotopic (exact) mass is 377 g/mol. The molecule has 0 fully saturated rings. The molecule has 1 atom stereocenters. The van der Waals surface area contributed by atoms with Crippen LogP contribution >= 0.6 is 0 Å². The van der Waals surface area contributed by atoms with E-state index in [0.717, 1.165) is 16.7 Å². The third kappa shape index (κ3) is 5.75. The number of aryl methyl sites for hydroxylation is 1. The van der Waals surface area contributed by atoms with Gasteiger partial charge in [-0.3, -0.25) is 0 Å². The molecule has 0 saturated carbocycles. The minimum absolute atomic E-state index is 0.0486. The summed E-state index contributed by atoms with van der Waals surface area (Å²) < 4.78 is 38.9. The predicted molar refractivity (Wildman–Crippen MR) is 104 cm³/mol. The van der Waals surface area contributed by atoms with Crippen molar-refractivity contribution in [2.24, 2.45) is 0 Å². The molecular weight excluding hydrogens is 350 g/mol. The van der Waals surface area contributed by atoms with Crippen molar-refractivity contribution < 1.29 is 17.9 Å². The molecule has 0 radical (unpaired) electrons. The summed E-state index contributed by atoms with van der Waals surface area (Å²) in [6, 6.07) is 12.6. The smallest absolute Gasteiger partial charge is 0.216 e. The lowest BCUT2D eigenvalue weighted by Crippen LogP contribution is -2.28. The summed E-state index contributed by atoms with van der Waals surface area (Å²) in [6.07, 6.45) is 0. The summed E-state index contributed by atoms with van der Waals surface area (Å²) in [5, 5.41) is 0. The van der Waals surface area contributed by atoms with Crippen LogP contribution in [0.3, 0.4) is 0 Å². The molecule has 1 N–H and O–H groups in total. The number of nitrogens with one attached hydrogen (secondary N) is 1. The summed E-state index contributed by atoms with van der Waals surface area (Å²) in [6.45, 7) is 8.65. The zero-order chi connectivity index (χ0) is 19.2. The van der Waals surface area contributed by atoms with E-state index in [1.807, 2.05) is 70.2 Å². The molecule has 0 unspecified atom stereocenters. The minimum Gasteiger partial charge on any atom is -0.490 e. The molecule has 142 valence electrons. The molecule has 0 aliphatic carbocycles. The van der Waals surface area contributed by atoms with Crippen molar-refractivity contribution in [2.45, 2.75) is 39.5 Å². The van der Waals surface area contributed by atoms with E-state index in [1.165, 1.54) is 0 Å². The Morgan fingerprint density at radius 2 is 1.58 bits per heavy atom. The highest BCUT2D eigenvalue weighted by Crippen LogP contribution is 2.31. The van der Waals surface area contributed by atoms with E-state index in [0.29, 0.717) is 24.7 Å². The maximum Gasteiger partial charge on any atom is 0.216 e. The number of ether oxygens (including phenoxy) is 2. The zero-order valence-electron chi connectivity index (χ0n) is 15.8. The van der Waals surface area contributed by atoms with Crippen molar-refractivity contribution >= 4 is 10.0 Å². The standard InChI is InChI=1S/C20H27NO4S/c1-5-24-19-12-11-18(13-20(19)25-6-2)16(4)21-26(22,23)14-17-9-7-15(3)8-10-17/h7-13,16,21H,5-6,14H2,1-4H3/t16-/m0/s1. The van der Waals surface area contributed by atoms with Gasteiger partial charge in [0.05, 0.1) is 19.0 Å². The van der Waals surface area contributed by atoms with E-state index in [1.54, 1.807) is 0 Å². The number of benzene rings is 2. The van der Waals surface area contributed by atoms with Crippen molar-refractivity contribution in [1.29, 1.82) is 0 Å². The Hall–Kier alpha value is -2.05. The van der Waals surface area contributed by atoms with Crippen LogP contribution in [-0.4, -0.2) is 21.6 Å². The topological polar surface area (TPSA) is 64.6 Å². The Morgan fingerprint density at radius 1 is 0.962 bits per heavy atom. The molecule has 5 nitrogen and oxygen atoms in total. The van der Waals surface area contributed by atoms with E-state index in [4.69, 9.17) is 9.47 Å².